The molecule has 0 aliphatic carbocycles. The molecule has 2 saturated heterocycles. The van der Waals surface area contributed by atoms with E-state index in [0.717, 1.165) is 32.4 Å². The van der Waals surface area contributed by atoms with Crippen LogP contribution in [0.1, 0.15) is 85.0 Å². The fourth-order valence-electron chi connectivity index (χ4n) is 5.63. The molecule has 2 heterocycles. The zero-order chi connectivity index (χ0) is 28.3. The van der Waals surface area contributed by atoms with Crippen LogP contribution in [0.2, 0.25) is 6.32 Å². The van der Waals surface area contributed by atoms with E-state index in [2.05, 4.69) is 78.8 Å². The largest absolute Gasteiger partial charge is 0.304 e. The highest BCUT2D eigenvalue weighted by molar-refractivity contribution is 6.10. The molecule has 2 aliphatic heterocycles. The second kappa shape index (κ2) is 20.7. The third-order valence-corrected chi connectivity index (χ3v) is 8.46. The molecule has 2 aliphatic rings. The molecule has 4 nitrogen and oxygen atoms in total. The molecule has 0 aromatic rings. The van der Waals surface area contributed by atoms with Gasteiger partial charge in [-0.3, -0.25) is 9.80 Å². The number of allylic oxidation sites excluding steroid dienone is 6. The van der Waals surface area contributed by atoms with Crippen LogP contribution in [0, 0.1) is 0 Å². The molecule has 2 rings (SSSR count). The van der Waals surface area contributed by atoms with Crippen LogP contribution in [-0.4, -0.2) is 107 Å². The summed E-state index contributed by atoms with van der Waals surface area (Å²) in [7, 11) is 10.6. The molecule has 0 bridgehead atoms. The molecule has 0 atom stereocenters. The number of hydrogen-bond acceptors (Lipinski definition) is 4. The number of piperazine rings is 2. The van der Waals surface area contributed by atoms with Crippen molar-refractivity contribution in [1.82, 2.24) is 19.6 Å². The Morgan fingerprint density at radius 2 is 1.03 bits per heavy atom. The normalized spacial score (nSPS) is 20.2. The second-order valence-electron chi connectivity index (χ2n) is 12.3. The van der Waals surface area contributed by atoms with E-state index >= 15 is 0 Å². The molecule has 220 valence electrons. The molecule has 0 N–H and O–H groups in total. The van der Waals surface area contributed by atoms with Gasteiger partial charge in [-0.2, -0.15) is 0 Å². The molecule has 0 saturated carbocycles. The van der Waals surface area contributed by atoms with E-state index in [1.165, 1.54) is 114 Å². The monoisotopic (exact) mass is 536 g/mol. The maximum atomic E-state index is 6.15. The third-order valence-electron chi connectivity index (χ3n) is 8.46. The van der Waals surface area contributed by atoms with Crippen LogP contribution in [0.25, 0.3) is 0 Å². The Morgan fingerprint density at radius 1 is 0.590 bits per heavy atom. The second-order valence-corrected chi connectivity index (χ2v) is 12.3. The number of rotatable bonds is 18. The van der Waals surface area contributed by atoms with Gasteiger partial charge in [0.2, 0.25) is 0 Å². The first-order valence-electron chi connectivity index (χ1n) is 16.1. The molecule has 0 unspecified atom stereocenters. The van der Waals surface area contributed by atoms with Crippen LogP contribution >= 0.6 is 0 Å². The van der Waals surface area contributed by atoms with Crippen LogP contribution in [0.4, 0.5) is 0 Å². The van der Waals surface area contributed by atoms with Gasteiger partial charge in [-0.05, 0) is 79.3 Å². The van der Waals surface area contributed by atoms with Gasteiger partial charge in [0, 0.05) is 65.4 Å². The summed E-state index contributed by atoms with van der Waals surface area (Å²) in [6.07, 6.45) is 22.7. The van der Waals surface area contributed by atoms with Crippen molar-refractivity contribution in [1.29, 1.82) is 0 Å². The molecule has 5 heteroatoms. The minimum atomic E-state index is 0.690. The van der Waals surface area contributed by atoms with E-state index in [-0.39, 0.29) is 0 Å². The van der Waals surface area contributed by atoms with Gasteiger partial charge < -0.3 is 9.80 Å². The van der Waals surface area contributed by atoms with Crippen molar-refractivity contribution in [3.8, 4) is 0 Å². The van der Waals surface area contributed by atoms with Crippen molar-refractivity contribution in [2.24, 2.45) is 0 Å². The lowest BCUT2D eigenvalue weighted by molar-refractivity contribution is 0.164. The van der Waals surface area contributed by atoms with Gasteiger partial charge in [-0.1, -0.05) is 72.7 Å². The summed E-state index contributed by atoms with van der Waals surface area (Å²) in [5.74, 6) is 0. The molecule has 2 radical (unpaired) electrons. The van der Waals surface area contributed by atoms with Gasteiger partial charge in [0.15, 0.2) is 0 Å². The zero-order valence-electron chi connectivity index (χ0n) is 26.5. The van der Waals surface area contributed by atoms with Crippen molar-refractivity contribution in [3.05, 3.63) is 46.6 Å². The predicted molar refractivity (Wildman–Crippen MR) is 174 cm³/mol. The number of unbranched alkanes of at least 4 members (excludes halogenated alkanes) is 3. The first-order chi connectivity index (χ1) is 18.9. The Labute approximate surface area is 244 Å². The van der Waals surface area contributed by atoms with Crippen molar-refractivity contribution in [2.75, 3.05) is 79.5 Å². The Bertz CT molecular complexity index is 768. The van der Waals surface area contributed by atoms with Crippen LogP contribution < -0.4 is 0 Å². The quantitative estimate of drug-likeness (QED) is 0.109. The third kappa shape index (κ3) is 16.0. The molecule has 2 fully saturated rings. The lowest BCUT2D eigenvalue weighted by Gasteiger charge is -2.32. The van der Waals surface area contributed by atoms with Gasteiger partial charge in [0.05, 0.1) is 7.85 Å². The Morgan fingerprint density at radius 3 is 1.49 bits per heavy atom. The van der Waals surface area contributed by atoms with Crippen LogP contribution in [0.3, 0.4) is 0 Å². The Balaban J connectivity index is 1.77. The van der Waals surface area contributed by atoms with Crippen molar-refractivity contribution in [3.63, 3.8) is 0 Å². The minimum absolute atomic E-state index is 0.690. The molecule has 39 heavy (non-hydrogen) atoms. The van der Waals surface area contributed by atoms with Gasteiger partial charge in [0.25, 0.3) is 0 Å². The lowest BCUT2D eigenvalue weighted by atomic mass is 9.91. The molecule has 0 amide bonds. The van der Waals surface area contributed by atoms with Gasteiger partial charge >= 0.3 is 0 Å². The number of likely N-dealkylation sites (N-methyl/N-ethyl adjacent to an activating group) is 2. The van der Waals surface area contributed by atoms with E-state index in [0.29, 0.717) is 6.32 Å². The smallest absolute Gasteiger partial charge is 0.0712 e. The first-order valence-corrected chi connectivity index (χ1v) is 16.1. The van der Waals surface area contributed by atoms with Crippen LogP contribution in [-0.2, 0) is 0 Å². The minimum Gasteiger partial charge on any atom is -0.304 e. The van der Waals surface area contributed by atoms with Gasteiger partial charge in [-0.15, -0.1) is 0 Å². The lowest BCUT2D eigenvalue weighted by Crippen LogP contribution is -2.44. The number of nitrogens with zero attached hydrogens (tertiary/aromatic N) is 4. The predicted octanol–water partition coefficient (Wildman–Crippen LogP) is 6.73. The topological polar surface area (TPSA) is 13.0 Å². The Kier molecular flexibility index (Phi) is 18.1. The van der Waals surface area contributed by atoms with E-state index in [1.54, 1.807) is 5.57 Å². The SMILES string of the molecule is [B]C/C(=C/CC/C(=C/CCCCC)CC/C=C(\C)CN1CCN(C)CC1)CC/C=C(\C)CN1CCN(C)CC1. The summed E-state index contributed by atoms with van der Waals surface area (Å²) in [4.78, 5) is 10.1. The van der Waals surface area contributed by atoms with Crippen LogP contribution in [0.5, 0.6) is 0 Å². The number of hydrogen-bond donors (Lipinski definition) is 0. The average molecular weight is 537 g/mol. The van der Waals surface area contributed by atoms with E-state index in [9.17, 15) is 0 Å². The maximum Gasteiger partial charge on any atom is 0.0712 e. The average Bonchev–Trinajstić information content (AvgIpc) is 2.92. The molecule has 0 aromatic carbocycles. The highest BCUT2D eigenvalue weighted by Crippen LogP contribution is 2.19. The van der Waals surface area contributed by atoms with Crippen molar-refractivity contribution >= 4 is 7.85 Å². The Hall–Kier alpha value is -1.14. The molecular weight excluding hydrogens is 475 g/mol. The summed E-state index contributed by atoms with van der Waals surface area (Å²) < 4.78 is 0. The fraction of sp³-hybridized carbons (Fsp3) is 0.765. The molecular formula is C34H61BN4. The fourth-order valence-corrected chi connectivity index (χ4v) is 5.63. The standard InChI is InChI=1S/C34H61BN4/c1-6-7-8-9-15-33(16-10-13-31(2)29-38-24-20-36(4)21-25-38)17-12-19-34(28-35)18-11-14-32(3)30-39-26-22-37(5)23-27-39/h13-15,19H,6-12,16-18,20-30H2,1-5H3/b31-13+,32-14+,33-15+,34-19+. The first kappa shape index (κ1) is 34.1. The maximum absolute atomic E-state index is 6.15. The molecule has 0 aromatic heterocycles. The molecule has 0 spiro atoms. The van der Waals surface area contributed by atoms with E-state index in [4.69, 9.17) is 7.85 Å². The van der Waals surface area contributed by atoms with E-state index < -0.39 is 0 Å². The summed E-state index contributed by atoms with van der Waals surface area (Å²) in [6, 6.07) is 0. The highest BCUT2D eigenvalue weighted by atomic mass is 15.2. The summed E-state index contributed by atoms with van der Waals surface area (Å²) in [5.41, 5.74) is 6.10. The summed E-state index contributed by atoms with van der Waals surface area (Å²) in [6.45, 7) is 18.7. The van der Waals surface area contributed by atoms with Gasteiger partial charge in [-0.25, -0.2) is 0 Å². The van der Waals surface area contributed by atoms with E-state index in [1.807, 2.05) is 0 Å². The van der Waals surface area contributed by atoms with Gasteiger partial charge in [0.1, 0.15) is 0 Å². The van der Waals surface area contributed by atoms with Crippen LogP contribution in [0.15, 0.2) is 46.6 Å². The van der Waals surface area contributed by atoms with Crippen molar-refractivity contribution < 1.29 is 0 Å². The summed E-state index contributed by atoms with van der Waals surface area (Å²) >= 11 is 0. The zero-order valence-corrected chi connectivity index (χ0v) is 26.5. The highest BCUT2D eigenvalue weighted by Gasteiger charge is 2.14. The van der Waals surface area contributed by atoms with Crippen molar-refractivity contribution in [2.45, 2.75) is 91.3 Å². The summed E-state index contributed by atoms with van der Waals surface area (Å²) in [5, 5.41) is 0.